The molecular formula is C13H11F3N2O. The molecule has 0 spiro atoms. The third-order valence-corrected chi connectivity index (χ3v) is 2.52. The Morgan fingerprint density at radius 1 is 1.16 bits per heavy atom. The molecule has 2 rings (SSSR count). The second-order valence-corrected chi connectivity index (χ2v) is 4.00. The number of nitrogens with zero attached hydrogens (tertiary/aromatic N) is 1. The maximum Gasteiger partial charge on any atom is 0.573 e. The molecule has 0 saturated heterocycles. The van der Waals surface area contributed by atoms with Crippen LogP contribution in [-0.2, 0) is 0 Å². The highest BCUT2D eigenvalue weighted by Gasteiger charge is 2.30. The molecule has 0 amide bonds. The number of aryl methyl sites for hydroxylation is 1. The van der Waals surface area contributed by atoms with Crippen LogP contribution in [0.1, 0.15) is 5.56 Å². The molecule has 0 aliphatic rings. The molecular weight excluding hydrogens is 257 g/mol. The summed E-state index contributed by atoms with van der Waals surface area (Å²) in [7, 11) is 0. The quantitative estimate of drug-likeness (QED) is 0.906. The highest BCUT2D eigenvalue weighted by Crippen LogP contribution is 2.28. The van der Waals surface area contributed by atoms with Gasteiger partial charge in [0.1, 0.15) is 11.6 Å². The van der Waals surface area contributed by atoms with Gasteiger partial charge in [-0.2, -0.15) is 0 Å². The van der Waals surface area contributed by atoms with Crippen molar-refractivity contribution in [3.05, 3.63) is 42.1 Å². The van der Waals surface area contributed by atoms with Crippen molar-refractivity contribution < 1.29 is 17.9 Å². The first-order valence-corrected chi connectivity index (χ1v) is 5.43. The number of hydrogen-bond donors (Lipinski definition) is 1. The average molecular weight is 268 g/mol. The van der Waals surface area contributed by atoms with Gasteiger partial charge < -0.3 is 10.5 Å². The first-order valence-electron chi connectivity index (χ1n) is 5.43. The van der Waals surface area contributed by atoms with Crippen molar-refractivity contribution in [3.63, 3.8) is 0 Å². The second-order valence-electron chi connectivity index (χ2n) is 4.00. The smallest absolute Gasteiger partial charge is 0.406 e. The summed E-state index contributed by atoms with van der Waals surface area (Å²) in [4.78, 5) is 3.94. The van der Waals surface area contributed by atoms with Gasteiger partial charge in [0, 0.05) is 6.20 Å². The molecule has 0 aliphatic heterocycles. The highest BCUT2D eigenvalue weighted by atomic mass is 19.4. The van der Waals surface area contributed by atoms with Crippen molar-refractivity contribution >= 4 is 5.82 Å². The van der Waals surface area contributed by atoms with Crippen LogP contribution in [0.5, 0.6) is 5.75 Å². The van der Waals surface area contributed by atoms with Crippen molar-refractivity contribution in [3.8, 4) is 16.9 Å². The van der Waals surface area contributed by atoms with E-state index in [1.807, 2.05) is 6.92 Å². The van der Waals surface area contributed by atoms with E-state index in [0.717, 1.165) is 16.7 Å². The Kier molecular flexibility index (Phi) is 3.33. The number of alkyl halides is 3. The van der Waals surface area contributed by atoms with Crippen LogP contribution >= 0.6 is 0 Å². The molecule has 0 radical (unpaired) electrons. The number of rotatable bonds is 2. The lowest BCUT2D eigenvalue weighted by atomic mass is 10.0. The first-order chi connectivity index (χ1) is 8.85. The van der Waals surface area contributed by atoms with Crippen LogP contribution in [-0.4, -0.2) is 11.3 Å². The molecule has 0 aliphatic carbocycles. The van der Waals surface area contributed by atoms with E-state index in [0.29, 0.717) is 5.82 Å². The maximum absolute atomic E-state index is 12.0. The van der Waals surface area contributed by atoms with Crippen LogP contribution in [0.3, 0.4) is 0 Å². The Hall–Kier alpha value is -2.24. The van der Waals surface area contributed by atoms with Gasteiger partial charge in [0.05, 0.1) is 0 Å². The van der Waals surface area contributed by atoms with E-state index in [2.05, 4.69) is 9.72 Å². The third-order valence-electron chi connectivity index (χ3n) is 2.52. The standard InChI is InChI=1S/C13H11F3N2O/c1-8-7-18-12(17)6-11(8)9-2-4-10(5-3-9)19-13(14,15)16/h2-7H,1H3,(H2,17,18). The molecule has 2 N–H and O–H groups in total. The normalized spacial score (nSPS) is 11.4. The summed E-state index contributed by atoms with van der Waals surface area (Å²) >= 11 is 0. The Labute approximate surface area is 107 Å². The minimum atomic E-state index is -4.68. The number of aromatic nitrogens is 1. The summed E-state index contributed by atoms with van der Waals surface area (Å²) in [6.45, 7) is 1.85. The Bertz CT molecular complexity index is 579. The van der Waals surface area contributed by atoms with Crippen molar-refractivity contribution in [2.45, 2.75) is 13.3 Å². The Morgan fingerprint density at radius 2 is 1.79 bits per heavy atom. The molecule has 1 heterocycles. The molecule has 6 heteroatoms. The van der Waals surface area contributed by atoms with E-state index < -0.39 is 6.36 Å². The van der Waals surface area contributed by atoms with Crippen LogP contribution < -0.4 is 10.5 Å². The second kappa shape index (κ2) is 4.79. The van der Waals surface area contributed by atoms with Gasteiger partial charge in [-0.25, -0.2) is 4.98 Å². The third kappa shape index (κ3) is 3.37. The van der Waals surface area contributed by atoms with Gasteiger partial charge in [0.25, 0.3) is 0 Å². The zero-order chi connectivity index (χ0) is 14.0. The van der Waals surface area contributed by atoms with Crippen molar-refractivity contribution in [1.29, 1.82) is 0 Å². The van der Waals surface area contributed by atoms with E-state index in [1.54, 1.807) is 24.4 Å². The molecule has 1 aromatic carbocycles. The predicted octanol–water partition coefficient (Wildman–Crippen LogP) is 3.54. The summed E-state index contributed by atoms with van der Waals surface area (Å²) in [5.41, 5.74) is 8.06. The van der Waals surface area contributed by atoms with Crippen molar-refractivity contribution in [2.75, 3.05) is 5.73 Å². The monoisotopic (exact) mass is 268 g/mol. The molecule has 0 saturated carbocycles. The Balaban J connectivity index is 2.30. The van der Waals surface area contributed by atoms with E-state index in [9.17, 15) is 13.2 Å². The summed E-state index contributed by atoms with van der Waals surface area (Å²) < 4.78 is 39.9. The van der Waals surface area contributed by atoms with Gasteiger partial charge in [-0.3, -0.25) is 0 Å². The zero-order valence-corrected chi connectivity index (χ0v) is 10.0. The number of halogens is 3. The van der Waals surface area contributed by atoms with Gasteiger partial charge in [0.15, 0.2) is 0 Å². The molecule has 100 valence electrons. The number of hydrogen-bond acceptors (Lipinski definition) is 3. The number of benzene rings is 1. The van der Waals surface area contributed by atoms with Crippen LogP contribution in [0.25, 0.3) is 11.1 Å². The number of ether oxygens (including phenoxy) is 1. The molecule has 1 aromatic heterocycles. The van der Waals surface area contributed by atoms with Gasteiger partial charge in [-0.15, -0.1) is 13.2 Å². The van der Waals surface area contributed by atoms with Crippen molar-refractivity contribution in [1.82, 2.24) is 4.98 Å². The number of nitrogens with two attached hydrogens (primary N) is 1. The Morgan fingerprint density at radius 3 is 2.37 bits per heavy atom. The van der Waals surface area contributed by atoms with Gasteiger partial charge in [-0.05, 0) is 41.8 Å². The number of anilines is 1. The van der Waals surface area contributed by atoms with Crippen LogP contribution in [0.2, 0.25) is 0 Å². The summed E-state index contributed by atoms with van der Waals surface area (Å²) in [5, 5.41) is 0. The first kappa shape index (κ1) is 13.2. The number of pyridine rings is 1. The summed E-state index contributed by atoms with van der Waals surface area (Å²) in [6, 6.07) is 7.29. The summed E-state index contributed by atoms with van der Waals surface area (Å²) in [5.74, 6) is 0.104. The fraction of sp³-hybridized carbons (Fsp3) is 0.154. The fourth-order valence-electron chi connectivity index (χ4n) is 1.69. The zero-order valence-electron chi connectivity index (χ0n) is 10.0. The maximum atomic E-state index is 12.0. The van der Waals surface area contributed by atoms with Crippen LogP contribution in [0, 0.1) is 6.92 Å². The van der Waals surface area contributed by atoms with Crippen LogP contribution in [0.15, 0.2) is 36.5 Å². The van der Waals surface area contributed by atoms with Gasteiger partial charge >= 0.3 is 6.36 Å². The lowest BCUT2D eigenvalue weighted by Crippen LogP contribution is -2.16. The number of nitrogen functional groups attached to an aromatic ring is 1. The lowest BCUT2D eigenvalue weighted by Gasteiger charge is -2.10. The lowest BCUT2D eigenvalue weighted by molar-refractivity contribution is -0.274. The van der Waals surface area contributed by atoms with E-state index in [1.165, 1.54) is 12.1 Å². The average Bonchev–Trinajstić information content (AvgIpc) is 2.31. The molecule has 0 atom stereocenters. The SMILES string of the molecule is Cc1cnc(N)cc1-c1ccc(OC(F)(F)F)cc1. The van der Waals surface area contributed by atoms with Crippen molar-refractivity contribution in [2.24, 2.45) is 0 Å². The van der Waals surface area contributed by atoms with E-state index in [-0.39, 0.29) is 5.75 Å². The predicted molar refractivity (Wildman–Crippen MR) is 65.5 cm³/mol. The molecule has 0 bridgehead atoms. The largest absolute Gasteiger partial charge is 0.573 e. The highest BCUT2D eigenvalue weighted by molar-refractivity contribution is 5.69. The minimum Gasteiger partial charge on any atom is -0.406 e. The van der Waals surface area contributed by atoms with E-state index >= 15 is 0 Å². The fourth-order valence-corrected chi connectivity index (χ4v) is 1.69. The van der Waals surface area contributed by atoms with Gasteiger partial charge in [-0.1, -0.05) is 12.1 Å². The topological polar surface area (TPSA) is 48.1 Å². The van der Waals surface area contributed by atoms with Crippen LogP contribution in [0.4, 0.5) is 19.0 Å². The molecule has 0 unspecified atom stereocenters. The van der Waals surface area contributed by atoms with E-state index in [4.69, 9.17) is 5.73 Å². The summed E-state index contributed by atoms with van der Waals surface area (Å²) in [6.07, 6.45) is -3.07. The van der Waals surface area contributed by atoms with Gasteiger partial charge in [0.2, 0.25) is 0 Å². The molecule has 19 heavy (non-hydrogen) atoms. The molecule has 0 fully saturated rings. The minimum absolute atomic E-state index is 0.254. The molecule has 2 aromatic rings. The molecule has 3 nitrogen and oxygen atoms in total.